The van der Waals surface area contributed by atoms with Gasteiger partial charge in [0.2, 0.25) is 0 Å². The molecule has 2 N–H and O–H groups in total. The Morgan fingerprint density at radius 1 is 1.28 bits per heavy atom. The normalized spacial score (nSPS) is 15.8. The summed E-state index contributed by atoms with van der Waals surface area (Å²) in [6, 6.07) is 10.3. The molecule has 1 aliphatic heterocycles. The Labute approximate surface area is 186 Å². The van der Waals surface area contributed by atoms with E-state index in [1.54, 1.807) is 12.3 Å². The van der Waals surface area contributed by atoms with Crippen molar-refractivity contribution in [3.63, 3.8) is 0 Å². The highest BCUT2D eigenvalue weighted by Crippen LogP contribution is 2.36. The zero-order valence-corrected chi connectivity index (χ0v) is 18.2. The average molecular weight is 436 g/mol. The molecule has 0 saturated carbocycles. The van der Waals surface area contributed by atoms with Crippen LogP contribution >= 0.6 is 0 Å². The van der Waals surface area contributed by atoms with Gasteiger partial charge in [0.25, 0.3) is 0 Å². The number of hydrogen-bond acceptors (Lipinski definition) is 6. The lowest BCUT2D eigenvalue weighted by Gasteiger charge is -2.44. The molecule has 2 heterocycles. The van der Waals surface area contributed by atoms with Gasteiger partial charge in [0, 0.05) is 26.2 Å². The maximum atomic E-state index is 13.9. The Balaban J connectivity index is 1.47. The number of phenolic OH excluding ortho intramolecular Hbond substituents is 1. The molecule has 0 unspecified atom stereocenters. The number of nitrogens with zero attached hydrogens (tertiary/aromatic N) is 4. The minimum atomic E-state index is -0.688. The Hall–Kier alpha value is -3.41. The van der Waals surface area contributed by atoms with Crippen molar-refractivity contribution >= 4 is 10.9 Å². The van der Waals surface area contributed by atoms with Crippen molar-refractivity contribution in [1.82, 2.24) is 20.0 Å². The van der Waals surface area contributed by atoms with Crippen LogP contribution in [0.5, 0.6) is 11.5 Å². The smallest absolute Gasteiger partial charge is 0.165 e. The first-order valence-corrected chi connectivity index (χ1v) is 10.4. The van der Waals surface area contributed by atoms with Crippen molar-refractivity contribution in [1.29, 1.82) is 5.26 Å². The number of nitrogens with one attached hydrogen (secondary N) is 1. The fourth-order valence-electron chi connectivity index (χ4n) is 3.85. The summed E-state index contributed by atoms with van der Waals surface area (Å²) in [5.41, 5.74) is 1.52. The van der Waals surface area contributed by atoms with Crippen LogP contribution in [0.1, 0.15) is 0 Å². The number of hydrogen-bond donors (Lipinski definition) is 2. The number of ether oxygens (including phenoxy) is 1. The second kappa shape index (κ2) is 8.99. The summed E-state index contributed by atoms with van der Waals surface area (Å²) in [4.78, 5) is 4.30. The summed E-state index contributed by atoms with van der Waals surface area (Å²) < 4.78 is 20.0. The van der Waals surface area contributed by atoms with Crippen molar-refractivity contribution in [3.8, 4) is 28.7 Å². The Morgan fingerprint density at radius 2 is 2.09 bits per heavy atom. The SMILES string of the molecule is CN(C)C/C=C/CN1CC(C#N)(COc2cc(-c3ccc(O)c(F)c3)cc3[nH]ncc23)C1. The second-order valence-electron chi connectivity index (χ2n) is 8.56. The number of nitriles is 1. The number of phenols is 1. The lowest BCUT2D eigenvalue weighted by atomic mass is 9.82. The molecule has 8 heteroatoms. The maximum absolute atomic E-state index is 13.9. The molecule has 166 valence electrons. The van der Waals surface area contributed by atoms with E-state index in [9.17, 15) is 14.8 Å². The molecular formula is C24H26FN5O2. The van der Waals surface area contributed by atoms with Gasteiger partial charge in [0.05, 0.1) is 23.2 Å². The number of aromatic amines is 1. The topological polar surface area (TPSA) is 88.4 Å². The molecule has 1 fully saturated rings. The summed E-state index contributed by atoms with van der Waals surface area (Å²) in [5.74, 6) is -0.499. The molecule has 1 aliphatic rings. The Morgan fingerprint density at radius 3 is 2.81 bits per heavy atom. The number of H-pyrrole nitrogens is 1. The lowest BCUT2D eigenvalue weighted by molar-refractivity contribution is 0.0183. The number of likely N-dealkylation sites (tertiary alicyclic amines) is 1. The molecular weight excluding hydrogens is 409 g/mol. The maximum Gasteiger partial charge on any atom is 0.165 e. The standard InChI is InChI=1S/C24H26FN5O2/c1-29(2)7-3-4-8-30-14-24(13-26,15-30)16-32-23-11-18(10-21-19(23)12-27-28-21)17-5-6-22(31)20(25)9-17/h3-6,9-12,31H,7-8,14-16H2,1-2H3,(H,27,28)/b4-3+. The summed E-state index contributed by atoms with van der Waals surface area (Å²) >= 11 is 0. The van der Waals surface area contributed by atoms with Gasteiger partial charge < -0.3 is 14.7 Å². The van der Waals surface area contributed by atoms with Crippen molar-refractivity contribution in [2.45, 2.75) is 0 Å². The van der Waals surface area contributed by atoms with Crippen LogP contribution in [-0.2, 0) is 0 Å². The van der Waals surface area contributed by atoms with E-state index >= 15 is 0 Å². The van der Waals surface area contributed by atoms with Gasteiger partial charge >= 0.3 is 0 Å². The quantitative estimate of drug-likeness (QED) is 0.528. The van der Waals surface area contributed by atoms with Crippen LogP contribution in [0.2, 0.25) is 0 Å². The fraction of sp³-hybridized carbons (Fsp3) is 0.333. The van der Waals surface area contributed by atoms with E-state index in [0.717, 1.165) is 29.6 Å². The first-order chi connectivity index (χ1) is 15.4. The third kappa shape index (κ3) is 4.59. The van der Waals surface area contributed by atoms with Crippen LogP contribution in [0.3, 0.4) is 0 Å². The van der Waals surface area contributed by atoms with Crippen LogP contribution < -0.4 is 4.74 Å². The zero-order valence-electron chi connectivity index (χ0n) is 18.2. The summed E-state index contributed by atoms with van der Waals surface area (Å²) in [7, 11) is 4.05. The van der Waals surface area contributed by atoms with Crippen molar-refractivity contribution in [3.05, 3.63) is 54.5 Å². The average Bonchev–Trinajstić information content (AvgIpc) is 3.22. The summed E-state index contributed by atoms with van der Waals surface area (Å²) in [6.07, 6.45) is 5.92. The highest BCUT2D eigenvalue weighted by molar-refractivity contribution is 5.89. The van der Waals surface area contributed by atoms with Crippen LogP contribution in [-0.4, -0.2) is 72.0 Å². The predicted molar refractivity (Wildman–Crippen MR) is 121 cm³/mol. The van der Waals surface area contributed by atoms with Crippen molar-refractivity contribution in [2.75, 3.05) is 46.9 Å². The molecule has 4 rings (SSSR count). The molecule has 2 aromatic carbocycles. The van der Waals surface area contributed by atoms with Crippen LogP contribution in [0.25, 0.3) is 22.0 Å². The van der Waals surface area contributed by atoms with Crippen LogP contribution in [0.4, 0.5) is 4.39 Å². The first kappa shape index (κ1) is 21.8. The number of rotatable bonds is 8. The van der Waals surface area contributed by atoms with Crippen LogP contribution in [0, 0.1) is 22.6 Å². The van der Waals surface area contributed by atoms with Gasteiger partial charge in [0.1, 0.15) is 17.8 Å². The molecule has 7 nitrogen and oxygen atoms in total. The third-order valence-corrected chi connectivity index (χ3v) is 5.60. The van der Waals surface area contributed by atoms with Gasteiger partial charge in [-0.2, -0.15) is 10.4 Å². The lowest BCUT2D eigenvalue weighted by Crippen LogP contribution is -2.58. The number of aromatic hydroxyl groups is 1. The van der Waals surface area contributed by atoms with Gasteiger partial charge in [-0.3, -0.25) is 10.00 Å². The number of fused-ring (bicyclic) bond motifs is 1. The highest BCUT2D eigenvalue weighted by Gasteiger charge is 2.43. The van der Waals surface area contributed by atoms with E-state index in [4.69, 9.17) is 4.74 Å². The molecule has 0 spiro atoms. The predicted octanol–water partition coefficient (Wildman–Crippen LogP) is 3.40. The highest BCUT2D eigenvalue weighted by atomic mass is 19.1. The van der Waals surface area contributed by atoms with Crippen molar-refractivity contribution in [2.24, 2.45) is 5.41 Å². The molecule has 3 aromatic rings. The second-order valence-corrected chi connectivity index (χ2v) is 8.56. The summed E-state index contributed by atoms with van der Waals surface area (Å²) in [5, 5.41) is 27.1. The van der Waals surface area contributed by atoms with Gasteiger partial charge in [-0.05, 0) is 49.5 Å². The van der Waals surface area contributed by atoms with E-state index in [1.807, 2.05) is 26.2 Å². The monoisotopic (exact) mass is 435 g/mol. The number of halogens is 1. The Bertz CT molecular complexity index is 1170. The van der Waals surface area contributed by atoms with Gasteiger partial charge in [-0.1, -0.05) is 18.2 Å². The molecule has 1 aromatic heterocycles. The van der Waals surface area contributed by atoms with E-state index in [1.165, 1.54) is 12.1 Å². The molecule has 1 saturated heterocycles. The minimum Gasteiger partial charge on any atom is -0.505 e. The molecule has 0 bridgehead atoms. The molecule has 0 radical (unpaired) electrons. The van der Waals surface area contributed by atoms with Gasteiger partial charge in [-0.15, -0.1) is 0 Å². The molecule has 0 aliphatic carbocycles. The van der Waals surface area contributed by atoms with Crippen LogP contribution in [0.15, 0.2) is 48.7 Å². The molecule has 0 amide bonds. The fourth-order valence-corrected chi connectivity index (χ4v) is 3.85. The molecule has 32 heavy (non-hydrogen) atoms. The van der Waals surface area contributed by atoms with E-state index in [-0.39, 0.29) is 6.61 Å². The number of benzene rings is 2. The largest absolute Gasteiger partial charge is 0.505 e. The van der Waals surface area contributed by atoms with E-state index in [0.29, 0.717) is 24.4 Å². The van der Waals surface area contributed by atoms with Gasteiger partial charge in [-0.25, -0.2) is 4.39 Å². The third-order valence-electron chi connectivity index (χ3n) is 5.60. The van der Waals surface area contributed by atoms with Crippen molar-refractivity contribution < 1.29 is 14.2 Å². The van der Waals surface area contributed by atoms with E-state index < -0.39 is 17.0 Å². The van der Waals surface area contributed by atoms with Gasteiger partial charge in [0.15, 0.2) is 11.6 Å². The number of aromatic nitrogens is 2. The summed E-state index contributed by atoms with van der Waals surface area (Å²) in [6.45, 7) is 3.25. The minimum absolute atomic E-state index is 0.259. The number of likely N-dealkylation sites (N-methyl/N-ethyl adjacent to an activating group) is 1. The zero-order chi connectivity index (χ0) is 22.7. The first-order valence-electron chi connectivity index (χ1n) is 10.4. The van der Waals surface area contributed by atoms with E-state index in [2.05, 4.69) is 38.2 Å². The molecule has 0 atom stereocenters. The Kier molecular flexibility index (Phi) is 6.12.